The molecule has 0 unspecified atom stereocenters. The second kappa shape index (κ2) is 16.3. The number of phenols is 4. The molecule has 4 N–H and O–H groups in total. The van der Waals surface area contributed by atoms with E-state index in [1.165, 1.54) is 0 Å². The predicted octanol–water partition coefficient (Wildman–Crippen LogP) is 12.9. The van der Waals surface area contributed by atoms with Gasteiger partial charge in [0.25, 0.3) is 0 Å². The molecule has 0 fully saturated rings. The molecular formula is C54H84O4Si4. The fraction of sp³-hybridized carbons (Fsp3) is 0.519. The standard InChI is InChI=1S/C54H84O4Si4/c1-51(2,3)33-25-37(47(55)41(29-33)59(13,14)15)45(38-26-34(52(4,5)6)30-42(48(38)56)60(16,17)18)46(39-27-35(53(7,8)9)31-43(49(39)57)61(19,20)21)40-28-36(54(10,11)12)32-44(50(40)58)62(22,23)24/h25-32,55-58H,1-24H3. The minimum absolute atomic E-state index is 0.188. The summed E-state index contributed by atoms with van der Waals surface area (Å²) >= 11 is 0. The quantitative estimate of drug-likeness (QED) is 0.105. The second-order valence-electron chi connectivity index (χ2n) is 26.4. The minimum atomic E-state index is -2.23. The first-order chi connectivity index (χ1) is 27.5. The lowest BCUT2D eigenvalue weighted by atomic mass is 9.77. The van der Waals surface area contributed by atoms with Crippen molar-refractivity contribution in [2.24, 2.45) is 0 Å². The highest BCUT2D eigenvalue weighted by atomic mass is 28.3. The van der Waals surface area contributed by atoms with E-state index in [4.69, 9.17) is 0 Å². The van der Waals surface area contributed by atoms with Crippen LogP contribution in [0.4, 0.5) is 0 Å². The Morgan fingerprint density at radius 2 is 0.435 bits per heavy atom. The first-order valence-electron chi connectivity index (χ1n) is 22.8. The molecule has 4 rings (SSSR count). The monoisotopic (exact) mass is 909 g/mol. The molecule has 0 atom stereocenters. The van der Waals surface area contributed by atoms with Crippen molar-refractivity contribution in [3.63, 3.8) is 0 Å². The van der Waals surface area contributed by atoms with Crippen LogP contribution in [0.25, 0.3) is 11.1 Å². The van der Waals surface area contributed by atoms with Gasteiger partial charge in [-0.25, -0.2) is 0 Å². The van der Waals surface area contributed by atoms with Gasteiger partial charge in [0, 0.05) is 33.4 Å². The van der Waals surface area contributed by atoms with Gasteiger partial charge in [-0.2, -0.15) is 0 Å². The molecule has 0 saturated carbocycles. The fourth-order valence-electron chi connectivity index (χ4n) is 8.15. The lowest BCUT2D eigenvalue weighted by Gasteiger charge is -2.33. The highest BCUT2D eigenvalue weighted by Gasteiger charge is 2.37. The zero-order valence-corrected chi connectivity index (χ0v) is 47.4. The molecule has 62 heavy (non-hydrogen) atoms. The van der Waals surface area contributed by atoms with Gasteiger partial charge >= 0.3 is 0 Å². The first-order valence-corrected chi connectivity index (χ1v) is 36.8. The van der Waals surface area contributed by atoms with Crippen LogP contribution in [0, 0.1) is 0 Å². The maximum atomic E-state index is 13.1. The first kappa shape index (κ1) is 51.3. The van der Waals surface area contributed by atoms with Crippen LogP contribution >= 0.6 is 0 Å². The van der Waals surface area contributed by atoms with Gasteiger partial charge in [0.2, 0.25) is 0 Å². The zero-order chi connectivity index (χ0) is 48.0. The van der Waals surface area contributed by atoms with Gasteiger partial charge < -0.3 is 20.4 Å². The van der Waals surface area contributed by atoms with Crippen molar-refractivity contribution in [2.45, 2.75) is 183 Å². The molecule has 4 aromatic carbocycles. The molecule has 0 aromatic heterocycles. The summed E-state index contributed by atoms with van der Waals surface area (Å²) in [6.45, 7) is 53.7. The topological polar surface area (TPSA) is 80.9 Å². The molecule has 0 spiro atoms. The highest BCUT2D eigenvalue weighted by Crippen LogP contribution is 2.49. The smallest absolute Gasteiger partial charge is 0.122 e. The largest absolute Gasteiger partial charge is 0.507 e. The lowest BCUT2D eigenvalue weighted by molar-refractivity contribution is 0.471. The number of hydrogen-bond acceptors (Lipinski definition) is 4. The maximum absolute atomic E-state index is 13.1. The normalized spacial score (nSPS) is 13.7. The van der Waals surface area contributed by atoms with Gasteiger partial charge in [-0.3, -0.25) is 0 Å². The van der Waals surface area contributed by atoms with E-state index in [2.05, 4.69) is 210 Å². The Labute approximate surface area is 382 Å². The minimum Gasteiger partial charge on any atom is -0.507 e. The third-order valence-corrected chi connectivity index (χ3v) is 20.5. The molecule has 0 aliphatic heterocycles. The maximum Gasteiger partial charge on any atom is 0.122 e. The molecule has 0 heterocycles. The summed E-state index contributed by atoms with van der Waals surface area (Å²) in [6.07, 6.45) is 0. The molecule has 0 aliphatic rings. The predicted molar refractivity (Wildman–Crippen MR) is 284 cm³/mol. The van der Waals surface area contributed by atoms with Crippen LogP contribution in [0.5, 0.6) is 23.0 Å². The van der Waals surface area contributed by atoms with E-state index < -0.39 is 32.3 Å². The molecule has 0 saturated heterocycles. The van der Waals surface area contributed by atoms with Gasteiger partial charge in [-0.05, 0) is 88.9 Å². The van der Waals surface area contributed by atoms with Crippen LogP contribution in [0.15, 0.2) is 48.5 Å². The lowest BCUT2D eigenvalue weighted by Crippen LogP contribution is -2.40. The van der Waals surface area contributed by atoms with Crippen LogP contribution in [0.3, 0.4) is 0 Å². The molecule has 0 amide bonds. The summed E-state index contributed by atoms with van der Waals surface area (Å²) in [7, 11) is -8.91. The van der Waals surface area contributed by atoms with E-state index >= 15 is 0 Å². The van der Waals surface area contributed by atoms with E-state index in [9.17, 15) is 20.4 Å². The molecular weight excluding hydrogens is 825 g/mol. The Morgan fingerprint density at radius 3 is 0.548 bits per heavy atom. The van der Waals surface area contributed by atoms with Crippen LogP contribution in [-0.2, 0) is 21.7 Å². The van der Waals surface area contributed by atoms with Crippen molar-refractivity contribution in [1.29, 1.82) is 0 Å². The molecule has 8 heteroatoms. The van der Waals surface area contributed by atoms with Crippen molar-refractivity contribution in [2.75, 3.05) is 0 Å². The van der Waals surface area contributed by atoms with Gasteiger partial charge in [-0.15, -0.1) is 0 Å². The summed E-state index contributed by atoms with van der Waals surface area (Å²) in [5.41, 5.74) is 6.73. The Bertz CT molecular complexity index is 2060. The number of phenolic OH excluding ortho intramolecular Hbond substituents is 4. The fourth-order valence-corrected chi connectivity index (χ4v) is 13.9. The Hall–Kier alpha value is -3.31. The summed E-state index contributed by atoms with van der Waals surface area (Å²) < 4.78 is 0. The third kappa shape index (κ3) is 10.6. The van der Waals surface area contributed by atoms with Crippen molar-refractivity contribution < 1.29 is 20.4 Å². The summed E-state index contributed by atoms with van der Waals surface area (Å²) in [6, 6.07) is 17.3. The molecule has 4 aromatic rings. The Balaban J connectivity index is 2.74. The van der Waals surface area contributed by atoms with Crippen molar-refractivity contribution >= 4 is 64.2 Å². The number of aromatic hydroxyl groups is 4. The average molecular weight is 910 g/mol. The molecule has 340 valence electrons. The molecule has 0 bridgehead atoms. The van der Waals surface area contributed by atoms with Gasteiger partial charge in [0.1, 0.15) is 23.0 Å². The van der Waals surface area contributed by atoms with E-state index in [1.807, 2.05) is 0 Å². The Morgan fingerprint density at radius 1 is 0.290 bits per heavy atom. The SMILES string of the molecule is CC(C)(C)c1cc(C(=C(c2cc(C(C)(C)C)cc([Si](C)(C)C)c2O)c2cc(C(C)(C)C)cc([Si](C)(C)C)c2O)c2cc(C(C)(C)C)cc([Si](C)(C)C)c2O)c(O)c([Si](C)(C)C)c1. The van der Waals surface area contributed by atoms with Crippen LogP contribution < -0.4 is 20.7 Å². The van der Waals surface area contributed by atoms with E-state index in [-0.39, 0.29) is 44.7 Å². The van der Waals surface area contributed by atoms with Gasteiger partial charge in [-0.1, -0.05) is 186 Å². The van der Waals surface area contributed by atoms with Gasteiger partial charge in [0.15, 0.2) is 0 Å². The number of benzene rings is 4. The number of hydrogen-bond donors (Lipinski definition) is 4. The second-order valence-corrected chi connectivity index (χ2v) is 46.6. The van der Waals surface area contributed by atoms with Crippen LogP contribution in [-0.4, -0.2) is 52.7 Å². The average Bonchev–Trinajstić information content (AvgIpc) is 3.04. The van der Waals surface area contributed by atoms with Crippen molar-refractivity contribution in [3.05, 3.63) is 93.0 Å². The summed E-state index contributed by atoms with van der Waals surface area (Å²) in [5.74, 6) is 0.754. The summed E-state index contributed by atoms with van der Waals surface area (Å²) in [5, 5.41) is 56.2. The van der Waals surface area contributed by atoms with Crippen LogP contribution in [0.2, 0.25) is 78.6 Å². The molecule has 4 nitrogen and oxygen atoms in total. The third-order valence-electron chi connectivity index (χ3n) is 12.5. The van der Waals surface area contributed by atoms with Crippen molar-refractivity contribution in [1.82, 2.24) is 0 Å². The van der Waals surface area contributed by atoms with E-state index in [1.54, 1.807) is 0 Å². The Kier molecular flexibility index (Phi) is 13.5. The number of rotatable bonds is 8. The summed E-state index contributed by atoms with van der Waals surface area (Å²) in [4.78, 5) is 0. The van der Waals surface area contributed by atoms with Crippen LogP contribution in [0.1, 0.15) is 128 Å². The van der Waals surface area contributed by atoms with Crippen molar-refractivity contribution in [3.8, 4) is 23.0 Å². The zero-order valence-electron chi connectivity index (χ0n) is 43.4. The van der Waals surface area contributed by atoms with E-state index in [0.717, 1.165) is 43.0 Å². The molecule has 0 radical (unpaired) electrons. The highest BCUT2D eigenvalue weighted by molar-refractivity contribution is 6.91. The molecule has 0 aliphatic carbocycles. The van der Waals surface area contributed by atoms with Gasteiger partial charge in [0.05, 0.1) is 32.3 Å². The van der Waals surface area contributed by atoms with E-state index in [0.29, 0.717) is 33.4 Å².